The van der Waals surface area contributed by atoms with E-state index in [1.165, 1.54) is 0 Å². The van der Waals surface area contributed by atoms with Gasteiger partial charge in [-0.3, -0.25) is 0 Å². The number of ether oxygens (including phenoxy) is 3. The van der Waals surface area contributed by atoms with Gasteiger partial charge in [0.1, 0.15) is 17.2 Å². The van der Waals surface area contributed by atoms with Crippen LogP contribution in [0.4, 0.5) is 0 Å². The van der Waals surface area contributed by atoms with Crippen LogP contribution >= 0.6 is 0 Å². The number of hydrazone groups is 1. The first-order valence-electron chi connectivity index (χ1n) is 11.3. The summed E-state index contributed by atoms with van der Waals surface area (Å²) in [5, 5.41) is 7.12. The van der Waals surface area contributed by atoms with Crippen molar-refractivity contribution in [3.8, 4) is 17.2 Å². The van der Waals surface area contributed by atoms with Gasteiger partial charge in [-0.15, -0.1) is 0 Å². The standard InChI is InChI=1S/C27H28N2O3/c1-3-4-16-31-21-12-10-20(11-13-21)27-29-25(18-24(28-29)19-8-6-5-7-9-19)23-17-22(30-2)14-15-26(23)32-27/h5-15,17,25,27H,3-4,16,18H2,1-2H3/t25-,27+/m0/s1. The fraction of sp³-hybridized carbons (Fsp3) is 0.296. The molecule has 0 N–H and O–H groups in total. The van der Waals surface area contributed by atoms with Crippen LogP contribution in [0.25, 0.3) is 0 Å². The number of nitrogens with zero attached hydrogens (tertiary/aromatic N) is 2. The summed E-state index contributed by atoms with van der Waals surface area (Å²) < 4.78 is 17.8. The van der Waals surface area contributed by atoms with Gasteiger partial charge < -0.3 is 14.2 Å². The molecule has 5 nitrogen and oxygen atoms in total. The highest BCUT2D eigenvalue weighted by atomic mass is 16.5. The Morgan fingerprint density at radius 1 is 1.00 bits per heavy atom. The number of rotatable bonds is 7. The zero-order valence-electron chi connectivity index (χ0n) is 18.5. The predicted molar refractivity (Wildman–Crippen MR) is 125 cm³/mol. The number of hydrogen-bond donors (Lipinski definition) is 0. The molecule has 0 saturated heterocycles. The molecule has 0 saturated carbocycles. The summed E-state index contributed by atoms with van der Waals surface area (Å²) in [5.74, 6) is 2.59. The molecule has 2 atom stereocenters. The third-order valence-electron chi connectivity index (χ3n) is 6.04. The van der Waals surface area contributed by atoms with Crippen molar-refractivity contribution in [2.45, 2.75) is 38.5 Å². The minimum Gasteiger partial charge on any atom is -0.497 e. The van der Waals surface area contributed by atoms with Crippen LogP contribution in [0.15, 0.2) is 77.9 Å². The van der Waals surface area contributed by atoms with Crippen LogP contribution in [-0.4, -0.2) is 24.4 Å². The van der Waals surface area contributed by atoms with Crippen LogP contribution in [0, 0.1) is 0 Å². The van der Waals surface area contributed by atoms with E-state index in [-0.39, 0.29) is 12.3 Å². The molecule has 0 bridgehead atoms. The monoisotopic (exact) mass is 428 g/mol. The molecular weight excluding hydrogens is 400 g/mol. The average Bonchev–Trinajstić information content (AvgIpc) is 3.30. The average molecular weight is 429 g/mol. The van der Waals surface area contributed by atoms with Crippen molar-refractivity contribution in [1.29, 1.82) is 0 Å². The molecule has 0 aliphatic carbocycles. The van der Waals surface area contributed by atoms with Crippen LogP contribution in [0.2, 0.25) is 0 Å². The Balaban J connectivity index is 1.48. The second kappa shape index (κ2) is 8.95. The van der Waals surface area contributed by atoms with Gasteiger partial charge in [0.25, 0.3) is 0 Å². The fourth-order valence-corrected chi connectivity index (χ4v) is 4.28. The lowest BCUT2D eigenvalue weighted by molar-refractivity contribution is -0.0191. The van der Waals surface area contributed by atoms with E-state index in [4.69, 9.17) is 19.3 Å². The molecule has 0 spiro atoms. The maximum Gasteiger partial charge on any atom is 0.213 e. The van der Waals surface area contributed by atoms with Crippen LogP contribution in [0.1, 0.15) is 55.1 Å². The number of unbranched alkanes of at least 4 members (excludes halogenated alkanes) is 1. The Hall–Kier alpha value is -3.47. The van der Waals surface area contributed by atoms with Gasteiger partial charge >= 0.3 is 0 Å². The molecule has 2 aliphatic heterocycles. The van der Waals surface area contributed by atoms with Gasteiger partial charge in [0.05, 0.1) is 25.5 Å². The van der Waals surface area contributed by atoms with Crippen molar-refractivity contribution in [3.63, 3.8) is 0 Å². The fourth-order valence-electron chi connectivity index (χ4n) is 4.28. The highest BCUT2D eigenvalue weighted by molar-refractivity contribution is 6.01. The number of methoxy groups -OCH3 is 1. The number of hydrogen-bond acceptors (Lipinski definition) is 5. The van der Waals surface area contributed by atoms with E-state index in [9.17, 15) is 0 Å². The molecule has 0 aromatic heterocycles. The van der Waals surface area contributed by atoms with Crippen LogP contribution < -0.4 is 14.2 Å². The third-order valence-corrected chi connectivity index (χ3v) is 6.04. The van der Waals surface area contributed by atoms with E-state index in [0.29, 0.717) is 0 Å². The quantitative estimate of drug-likeness (QED) is 0.426. The minimum atomic E-state index is -0.299. The molecule has 2 aliphatic rings. The minimum absolute atomic E-state index is 0.0922. The summed E-state index contributed by atoms with van der Waals surface area (Å²) in [6.07, 6.45) is 2.70. The Labute approximate surface area is 189 Å². The second-order valence-corrected chi connectivity index (χ2v) is 8.16. The van der Waals surface area contributed by atoms with E-state index < -0.39 is 0 Å². The highest BCUT2D eigenvalue weighted by Crippen LogP contribution is 2.48. The number of benzene rings is 3. The summed E-state index contributed by atoms with van der Waals surface area (Å²) in [7, 11) is 1.69. The molecule has 5 heteroatoms. The third kappa shape index (κ3) is 3.91. The molecule has 5 rings (SSSR count). The lowest BCUT2D eigenvalue weighted by Crippen LogP contribution is -2.33. The first-order chi connectivity index (χ1) is 15.8. The molecule has 2 heterocycles. The Morgan fingerprint density at radius 3 is 2.53 bits per heavy atom. The number of fused-ring (bicyclic) bond motifs is 3. The van der Waals surface area contributed by atoms with Crippen molar-refractivity contribution in [1.82, 2.24) is 5.01 Å². The van der Waals surface area contributed by atoms with E-state index in [2.05, 4.69) is 54.4 Å². The Kier molecular flexibility index (Phi) is 5.71. The van der Waals surface area contributed by atoms with Gasteiger partial charge in [-0.05, 0) is 54.4 Å². The predicted octanol–water partition coefficient (Wildman–Crippen LogP) is 6.12. The topological polar surface area (TPSA) is 43.3 Å². The maximum absolute atomic E-state index is 6.48. The van der Waals surface area contributed by atoms with E-state index in [1.807, 2.05) is 30.3 Å². The van der Waals surface area contributed by atoms with Crippen molar-refractivity contribution < 1.29 is 14.2 Å². The first-order valence-corrected chi connectivity index (χ1v) is 11.3. The molecule has 3 aromatic rings. The summed E-state index contributed by atoms with van der Waals surface area (Å²) in [6.45, 7) is 2.90. The van der Waals surface area contributed by atoms with Crippen LogP contribution in [-0.2, 0) is 0 Å². The van der Waals surface area contributed by atoms with E-state index in [0.717, 1.165) is 65.5 Å². The second-order valence-electron chi connectivity index (χ2n) is 8.16. The summed E-state index contributed by atoms with van der Waals surface area (Å²) in [4.78, 5) is 0. The normalized spacial score (nSPS) is 18.9. The zero-order chi connectivity index (χ0) is 21.9. The molecular formula is C27H28N2O3. The van der Waals surface area contributed by atoms with Crippen molar-refractivity contribution in [2.24, 2.45) is 5.10 Å². The van der Waals surface area contributed by atoms with Gasteiger partial charge in [-0.1, -0.05) is 43.7 Å². The smallest absolute Gasteiger partial charge is 0.213 e. The molecule has 0 radical (unpaired) electrons. The molecule has 3 aromatic carbocycles. The highest BCUT2D eigenvalue weighted by Gasteiger charge is 2.41. The van der Waals surface area contributed by atoms with Crippen molar-refractivity contribution >= 4 is 5.71 Å². The SMILES string of the molecule is CCCCOc1ccc([C@H]2Oc3ccc(OC)cc3[C@@H]3CC(c4ccccc4)=NN23)cc1. The summed E-state index contributed by atoms with van der Waals surface area (Å²) >= 11 is 0. The summed E-state index contributed by atoms with van der Waals surface area (Å²) in [5.41, 5.74) is 4.37. The van der Waals surface area contributed by atoms with Gasteiger partial charge in [0.2, 0.25) is 6.23 Å². The Morgan fingerprint density at radius 2 is 1.78 bits per heavy atom. The largest absolute Gasteiger partial charge is 0.497 e. The molecule has 0 fully saturated rings. The van der Waals surface area contributed by atoms with Gasteiger partial charge in [-0.2, -0.15) is 5.10 Å². The van der Waals surface area contributed by atoms with Gasteiger partial charge in [-0.25, -0.2) is 5.01 Å². The van der Waals surface area contributed by atoms with Gasteiger partial charge in [0, 0.05) is 17.5 Å². The van der Waals surface area contributed by atoms with E-state index >= 15 is 0 Å². The molecule has 32 heavy (non-hydrogen) atoms. The van der Waals surface area contributed by atoms with Crippen LogP contribution in [0.5, 0.6) is 17.2 Å². The lowest BCUT2D eigenvalue weighted by atomic mass is 9.95. The summed E-state index contributed by atoms with van der Waals surface area (Å²) in [6, 6.07) is 24.7. The lowest BCUT2D eigenvalue weighted by Gasteiger charge is -2.38. The maximum atomic E-state index is 6.48. The van der Waals surface area contributed by atoms with Crippen molar-refractivity contribution in [2.75, 3.05) is 13.7 Å². The first kappa shape index (κ1) is 20.4. The zero-order valence-corrected chi connectivity index (χ0v) is 18.5. The van der Waals surface area contributed by atoms with Crippen molar-refractivity contribution in [3.05, 3.63) is 89.5 Å². The Bertz CT molecular complexity index is 1100. The molecule has 0 amide bonds. The van der Waals surface area contributed by atoms with Gasteiger partial charge in [0.15, 0.2) is 0 Å². The molecule has 0 unspecified atom stereocenters. The van der Waals surface area contributed by atoms with E-state index in [1.54, 1.807) is 7.11 Å². The molecule has 164 valence electrons. The van der Waals surface area contributed by atoms with Crippen LogP contribution in [0.3, 0.4) is 0 Å².